The predicted molar refractivity (Wildman–Crippen MR) is 74.2 cm³/mol. The fourth-order valence-electron chi connectivity index (χ4n) is 2.81. The monoisotopic (exact) mass is 292 g/mol. The van der Waals surface area contributed by atoms with E-state index in [1.807, 2.05) is 17.8 Å². The summed E-state index contributed by atoms with van der Waals surface area (Å²) in [6, 6.07) is 0. The Bertz CT molecular complexity index is 542. The summed E-state index contributed by atoms with van der Waals surface area (Å²) < 4.78 is 18.0. The van der Waals surface area contributed by atoms with E-state index in [2.05, 4.69) is 5.10 Å². The number of esters is 1. The van der Waals surface area contributed by atoms with Gasteiger partial charge in [-0.3, -0.25) is 9.48 Å². The smallest absolute Gasteiger partial charge is 0.305 e. The van der Waals surface area contributed by atoms with Gasteiger partial charge in [-0.25, -0.2) is 0 Å². The van der Waals surface area contributed by atoms with Crippen LogP contribution in [0, 0.1) is 0 Å². The molecule has 0 N–H and O–H groups in total. The lowest BCUT2D eigenvalue weighted by Gasteiger charge is -2.30. The Morgan fingerprint density at radius 1 is 1.48 bits per heavy atom. The van der Waals surface area contributed by atoms with Gasteiger partial charge in [-0.05, 0) is 19.8 Å². The molecule has 2 heterocycles. The average Bonchev–Trinajstić information content (AvgIpc) is 3.06. The molecule has 0 saturated heterocycles. The van der Waals surface area contributed by atoms with Gasteiger partial charge in [-0.2, -0.15) is 5.10 Å². The van der Waals surface area contributed by atoms with Gasteiger partial charge in [0.2, 0.25) is 0 Å². The van der Waals surface area contributed by atoms with E-state index in [0.717, 1.165) is 31.5 Å². The van der Waals surface area contributed by atoms with Crippen molar-refractivity contribution in [3.63, 3.8) is 0 Å². The molecule has 2 aliphatic rings. The lowest BCUT2D eigenvalue weighted by molar-refractivity contribution is -0.148. The van der Waals surface area contributed by atoms with Gasteiger partial charge in [0.25, 0.3) is 5.79 Å². The molecule has 114 valence electrons. The van der Waals surface area contributed by atoms with Gasteiger partial charge in [0.1, 0.15) is 12.5 Å². The number of carbonyl (C=O) groups is 1. The maximum absolute atomic E-state index is 11.3. The Hall–Kier alpha value is -1.98. The van der Waals surface area contributed by atoms with E-state index in [-0.39, 0.29) is 5.97 Å². The Balaban J connectivity index is 1.55. The first-order valence-electron chi connectivity index (χ1n) is 7.42. The molecule has 0 bridgehead atoms. The highest BCUT2D eigenvalue weighted by atomic mass is 16.7. The third kappa shape index (κ3) is 3.04. The van der Waals surface area contributed by atoms with Crippen LogP contribution in [0.2, 0.25) is 0 Å². The molecule has 0 aromatic carbocycles. The second-order valence-electron chi connectivity index (χ2n) is 5.37. The minimum absolute atomic E-state index is 0.146. The molecule has 1 aliphatic heterocycles. The molecular formula is C15H20N2O4. The number of hydrogen-bond acceptors (Lipinski definition) is 5. The summed E-state index contributed by atoms with van der Waals surface area (Å²) in [5.74, 6) is -0.668. The minimum atomic E-state index is -0.522. The van der Waals surface area contributed by atoms with Crippen molar-refractivity contribution in [2.45, 2.75) is 51.4 Å². The van der Waals surface area contributed by atoms with Crippen LogP contribution in [-0.2, 0) is 38.4 Å². The molecule has 0 unspecified atom stereocenters. The Kier molecular flexibility index (Phi) is 3.86. The first-order chi connectivity index (χ1) is 10.2. The number of hydrogen-bond donors (Lipinski definition) is 0. The van der Waals surface area contributed by atoms with E-state index in [4.69, 9.17) is 14.2 Å². The third-order valence-electron chi connectivity index (χ3n) is 3.82. The van der Waals surface area contributed by atoms with Crippen LogP contribution >= 0.6 is 0 Å². The zero-order valence-corrected chi connectivity index (χ0v) is 12.2. The fourth-order valence-corrected chi connectivity index (χ4v) is 2.81. The van der Waals surface area contributed by atoms with Gasteiger partial charge < -0.3 is 14.2 Å². The topological polar surface area (TPSA) is 62.6 Å². The Labute approximate surface area is 123 Å². The highest BCUT2D eigenvalue weighted by Gasteiger charge is 2.40. The molecule has 21 heavy (non-hydrogen) atoms. The number of fused-ring (bicyclic) bond motifs is 1. The van der Waals surface area contributed by atoms with Crippen LogP contribution in [-0.4, -0.2) is 28.1 Å². The second-order valence-corrected chi connectivity index (χ2v) is 5.37. The van der Waals surface area contributed by atoms with Crippen molar-refractivity contribution in [2.24, 2.45) is 0 Å². The van der Waals surface area contributed by atoms with Crippen molar-refractivity contribution in [3.8, 4) is 0 Å². The molecule has 0 saturated carbocycles. The van der Waals surface area contributed by atoms with Crippen molar-refractivity contribution < 1.29 is 19.0 Å². The van der Waals surface area contributed by atoms with Crippen molar-refractivity contribution in [2.75, 3.05) is 6.61 Å². The molecule has 0 radical (unpaired) electrons. The number of aromatic nitrogens is 2. The van der Waals surface area contributed by atoms with E-state index in [1.54, 1.807) is 12.5 Å². The van der Waals surface area contributed by atoms with Crippen molar-refractivity contribution >= 4 is 5.97 Å². The quantitative estimate of drug-likeness (QED) is 0.776. The molecule has 0 atom stereocenters. The summed E-state index contributed by atoms with van der Waals surface area (Å²) in [7, 11) is 0. The minimum Gasteiger partial charge on any atom is -0.466 e. The standard InChI is InChI=1S/C15H20N2O4/c1-2-19-14(18)4-3-7-17-11-12-10-15(20-8-9-21-15)6-5-13(12)16-17/h8-9,11H,2-7,10H2,1H3. The van der Waals surface area contributed by atoms with Crippen molar-refractivity contribution in [1.82, 2.24) is 9.78 Å². The molecule has 0 amide bonds. The summed E-state index contributed by atoms with van der Waals surface area (Å²) in [4.78, 5) is 11.3. The first kappa shape index (κ1) is 14.0. The van der Waals surface area contributed by atoms with Gasteiger partial charge in [0, 0.05) is 31.1 Å². The van der Waals surface area contributed by atoms with Crippen LogP contribution in [0.3, 0.4) is 0 Å². The van der Waals surface area contributed by atoms with Crippen LogP contribution in [0.4, 0.5) is 0 Å². The summed E-state index contributed by atoms with van der Waals surface area (Å²) in [5.41, 5.74) is 2.27. The van der Waals surface area contributed by atoms with Gasteiger partial charge in [0.15, 0.2) is 0 Å². The van der Waals surface area contributed by atoms with E-state index >= 15 is 0 Å². The van der Waals surface area contributed by atoms with Gasteiger partial charge in [-0.15, -0.1) is 0 Å². The Morgan fingerprint density at radius 2 is 2.29 bits per heavy atom. The molecule has 1 aliphatic carbocycles. The highest BCUT2D eigenvalue weighted by molar-refractivity contribution is 5.69. The number of rotatable bonds is 5. The van der Waals surface area contributed by atoms with Crippen LogP contribution in [0.25, 0.3) is 0 Å². The maximum Gasteiger partial charge on any atom is 0.305 e. The van der Waals surface area contributed by atoms with E-state index < -0.39 is 5.79 Å². The van der Waals surface area contributed by atoms with Gasteiger partial charge in [0.05, 0.1) is 18.7 Å². The summed E-state index contributed by atoms with van der Waals surface area (Å²) in [6.45, 7) is 2.97. The molecule has 1 spiro atoms. The third-order valence-corrected chi connectivity index (χ3v) is 3.82. The first-order valence-corrected chi connectivity index (χ1v) is 7.42. The predicted octanol–water partition coefficient (Wildman–Crippen LogP) is 1.93. The number of nitrogens with zero attached hydrogens (tertiary/aromatic N) is 2. The Morgan fingerprint density at radius 3 is 3.05 bits per heavy atom. The zero-order valence-electron chi connectivity index (χ0n) is 12.2. The van der Waals surface area contributed by atoms with Crippen molar-refractivity contribution in [1.29, 1.82) is 0 Å². The van der Waals surface area contributed by atoms with Gasteiger partial charge >= 0.3 is 5.97 Å². The molecule has 3 rings (SSSR count). The summed E-state index contributed by atoms with van der Waals surface area (Å²) in [5, 5.41) is 4.58. The van der Waals surface area contributed by atoms with Crippen molar-refractivity contribution in [3.05, 3.63) is 30.0 Å². The van der Waals surface area contributed by atoms with E-state index in [9.17, 15) is 4.79 Å². The summed E-state index contributed by atoms with van der Waals surface area (Å²) >= 11 is 0. The van der Waals surface area contributed by atoms with Crippen LogP contribution in [0.1, 0.15) is 37.4 Å². The lowest BCUT2D eigenvalue weighted by Crippen LogP contribution is -2.36. The largest absolute Gasteiger partial charge is 0.466 e. The van der Waals surface area contributed by atoms with Crippen LogP contribution in [0.5, 0.6) is 0 Å². The summed E-state index contributed by atoms with van der Waals surface area (Å²) in [6.07, 6.45) is 8.79. The van der Waals surface area contributed by atoms with E-state index in [1.165, 1.54) is 5.56 Å². The number of ether oxygens (including phenoxy) is 3. The molecular weight excluding hydrogens is 272 g/mol. The molecule has 1 aromatic rings. The highest BCUT2D eigenvalue weighted by Crippen LogP contribution is 2.35. The fraction of sp³-hybridized carbons (Fsp3) is 0.600. The van der Waals surface area contributed by atoms with E-state index in [0.29, 0.717) is 19.4 Å². The molecule has 6 nitrogen and oxygen atoms in total. The maximum atomic E-state index is 11.3. The second kappa shape index (κ2) is 5.79. The number of carbonyl (C=O) groups excluding carboxylic acids is 1. The van der Waals surface area contributed by atoms with Gasteiger partial charge in [-0.1, -0.05) is 0 Å². The molecule has 1 aromatic heterocycles. The van der Waals surface area contributed by atoms with Crippen LogP contribution < -0.4 is 0 Å². The number of aryl methyl sites for hydroxylation is 2. The normalized spacial score (nSPS) is 18.1. The molecule has 0 fully saturated rings. The zero-order chi connectivity index (χ0) is 14.7. The molecule has 6 heteroatoms. The SMILES string of the molecule is CCOC(=O)CCCn1cc2c(n1)CCC1(C2)OC=CO1. The van der Waals surface area contributed by atoms with Crippen LogP contribution in [0.15, 0.2) is 18.7 Å². The lowest BCUT2D eigenvalue weighted by atomic mass is 9.92. The average molecular weight is 292 g/mol.